The van der Waals surface area contributed by atoms with Gasteiger partial charge in [-0.2, -0.15) is 0 Å². The van der Waals surface area contributed by atoms with Crippen molar-refractivity contribution < 1.29 is 4.79 Å². The highest BCUT2D eigenvalue weighted by atomic mass is 16.2. The van der Waals surface area contributed by atoms with E-state index in [1.165, 1.54) is 5.56 Å². The van der Waals surface area contributed by atoms with E-state index in [4.69, 9.17) is 0 Å². The van der Waals surface area contributed by atoms with E-state index in [2.05, 4.69) is 49.1 Å². The fourth-order valence-electron chi connectivity index (χ4n) is 2.63. The molecule has 1 fully saturated rings. The van der Waals surface area contributed by atoms with Crippen LogP contribution in [0.4, 0.5) is 0 Å². The Bertz CT molecular complexity index is 447. The summed E-state index contributed by atoms with van der Waals surface area (Å²) in [4.78, 5) is 12.3. The Hall–Kier alpha value is -1.39. The molecule has 21 heavy (non-hydrogen) atoms. The number of carbonyl (C=O) groups is 1. The van der Waals surface area contributed by atoms with Crippen LogP contribution >= 0.6 is 0 Å². The van der Waals surface area contributed by atoms with Gasteiger partial charge in [-0.05, 0) is 37.7 Å². The van der Waals surface area contributed by atoms with Crippen molar-refractivity contribution in [2.45, 2.75) is 58.2 Å². The molecule has 3 N–H and O–H groups in total. The minimum atomic E-state index is -0.156. The van der Waals surface area contributed by atoms with Gasteiger partial charge in [-0.1, -0.05) is 44.2 Å². The van der Waals surface area contributed by atoms with E-state index in [0.717, 1.165) is 19.3 Å². The standard InChI is InChI=1S/C17H27N3O/c1-12(2)9-10-13(3)18-17(21)16-11-15(19-20-16)14-7-5-4-6-8-14/h4-8,12-13,15-16,19-20H,9-11H2,1-3H3,(H,18,21). The fourth-order valence-corrected chi connectivity index (χ4v) is 2.63. The molecule has 0 aromatic heterocycles. The van der Waals surface area contributed by atoms with Crippen LogP contribution in [0.3, 0.4) is 0 Å². The normalized spacial score (nSPS) is 23.2. The van der Waals surface area contributed by atoms with Crippen LogP contribution < -0.4 is 16.2 Å². The molecule has 1 heterocycles. The predicted molar refractivity (Wildman–Crippen MR) is 85.5 cm³/mol. The van der Waals surface area contributed by atoms with Crippen molar-refractivity contribution in [2.75, 3.05) is 0 Å². The lowest BCUT2D eigenvalue weighted by Crippen LogP contribution is -2.46. The van der Waals surface area contributed by atoms with Crippen molar-refractivity contribution in [3.63, 3.8) is 0 Å². The molecule has 4 heteroatoms. The molecule has 1 amide bonds. The lowest BCUT2D eigenvalue weighted by atomic mass is 10.0. The number of hydrogen-bond donors (Lipinski definition) is 3. The number of hydrogen-bond acceptors (Lipinski definition) is 3. The Morgan fingerprint density at radius 1 is 1.19 bits per heavy atom. The molecule has 116 valence electrons. The van der Waals surface area contributed by atoms with E-state index in [1.807, 2.05) is 18.2 Å². The molecule has 1 aliphatic rings. The monoisotopic (exact) mass is 289 g/mol. The van der Waals surface area contributed by atoms with Crippen LogP contribution in [0.5, 0.6) is 0 Å². The van der Waals surface area contributed by atoms with Gasteiger partial charge in [0.1, 0.15) is 6.04 Å². The Morgan fingerprint density at radius 2 is 1.90 bits per heavy atom. The highest BCUT2D eigenvalue weighted by Crippen LogP contribution is 2.21. The number of nitrogens with one attached hydrogen (secondary N) is 3. The van der Waals surface area contributed by atoms with E-state index in [9.17, 15) is 4.79 Å². The molecule has 3 atom stereocenters. The van der Waals surface area contributed by atoms with Crippen molar-refractivity contribution in [1.29, 1.82) is 0 Å². The molecule has 3 unspecified atom stereocenters. The first kappa shape index (κ1) is 16.0. The predicted octanol–water partition coefficient (Wildman–Crippen LogP) is 2.54. The Kier molecular flexibility index (Phi) is 5.76. The maximum absolute atomic E-state index is 12.3. The Balaban J connectivity index is 1.79. The van der Waals surface area contributed by atoms with Crippen LogP contribution in [0, 0.1) is 5.92 Å². The van der Waals surface area contributed by atoms with Crippen molar-refractivity contribution in [2.24, 2.45) is 5.92 Å². The van der Waals surface area contributed by atoms with E-state index in [0.29, 0.717) is 5.92 Å². The van der Waals surface area contributed by atoms with Crippen molar-refractivity contribution >= 4 is 5.91 Å². The van der Waals surface area contributed by atoms with Gasteiger partial charge in [-0.3, -0.25) is 4.79 Å². The first-order valence-corrected chi connectivity index (χ1v) is 7.92. The van der Waals surface area contributed by atoms with E-state index in [1.54, 1.807) is 0 Å². The number of benzene rings is 1. The SMILES string of the molecule is CC(C)CCC(C)NC(=O)C1CC(c2ccccc2)NN1. The Morgan fingerprint density at radius 3 is 2.57 bits per heavy atom. The summed E-state index contributed by atoms with van der Waals surface area (Å²) in [6.07, 6.45) is 2.96. The molecule has 1 aliphatic heterocycles. The highest BCUT2D eigenvalue weighted by Gasteiger charge is 2.30. The second-order valence-corrected chi connectivity index (χ2v) is 6.42. The van der Waals surface area contributed by atoms with Crippen LogP contribution in [0.2, 0.25) is 0 Å². The van der Waals surface area contributed by atoms with Gasteiger partial charge in [0, 0.05) is 12.1 Å². The van der Waals surface area contributed by atoms with Crippen LogP contribution in [-0.2, 0) is 4.79 Å². The zero-order valence-corrected chi connectivity index (χ0v) is 13.2. The molecule has 0 saturated carbocycles. The minimum Gasteiger partial charge on any atom is -0.352 e. The van der Waals surface area contributed by atoms with Gasteiger partial charge in [-0.25, -0.2) is 10.9 Å². The maximum Gasteiger partial charge on any atom is 0.238 e. The van der Waals surface area contributed by atoms with Crippen LogP contribution in [0.15, 0.2) is 30.3 Å². The van der Waals surface area contributed by atoms with Gasteiger partial charge < -0.3 is 5.32 Å². The third-order valence-electron chi connectivity index (χ3n) is 3.99. The molecule has 0 radical (unpaired) electrons. The molecule has 1 aromatic carbocycles. The molecule has 1 saturated heterocycles. The molecule has 1 aromatic rings. The third-order valence-corrected chi connectivity index (χ3v) is 3.99. The average molecular weight is 289 g/mol. The highest BCUT2D eigenvalue weighted by molar-refractivity contribution is 5.82. The van der Waals surface area contributed by atoms with Gasteiger partial charge >= 0.3 is 0 Å². The lowest BCUT2D eigenvalue weighted by Gasteiger charge is -2.17. The lowest BCUT2D eigenvalue weighted by molar-refractivity contribution is -0.123. The average Bonchev–Trinajstić information content (AvgIpc) is 2.96. The summed E-state index contributed by atoms with van der Waals surface area (Å²) in [5.74, 6) is 0.773. The first-order chi connectivity index (χ1) is 10.1. The molecule has 0 bridgehead atoms. The van der Waals surface area contributed by atoms with Gasteiger partial charge in [0.15, 0.2) is 0 Å². The first-order valence-electron chi connectivity index (χ1n) is 7.92. The summed E-state index contributed by atoms with van der Waals surface area (Å²) in [5, 5.41) is 3.11. The zero-order chi connectivity index (χ0) is 15.2. The summed E-state index contributed by atoms with van der Waals surface area (Å²) in [5.41, 5.74) is 7.55. The van der Waals surface area contributed by atoms with Crippen molar-refractivity contribution in [3.8, 4) is 0 Å². The van der Waals surface area contributed by atoms with Crippen LogP contribution in [0.1, 0.15) is 51.6 Å². The molecule has 0 aliphatic carbocycles. The van der Waals surface area contributed by atoms with Gasteiger partial charge in [-0.15, -0.1) is 0 Å². The maximum atomic E-state index is 12.3. The van der Waals surface area contributed by atoms with Crippen molar-refractivity contribution in [1.82, 2.24) is 16.2 Å². The molecule has 2 rings (SSSR count). The summed E-state index contributed by atoms with van der Waals surface area (Å²) in [7, 11) is 0. The van der Waals surface area contributed by atoms with E-state index in [-0.39, 0.29) is 24.0 Å². The van der Waals surface area contributed by atoms with E-state index < -0.39 is 0 Å². The number of rotatable bonds is 6. The number of hydrazine groups is 1. The molecular weight excluding hydrogens is 262 g/mol. The molecule has 0 spiro atoms. The topological polar surface area (TPSA) is 53.2 Å². The van der Waals surface area contributed by atoms with Gasteiger partial charge in [0.05, 0.1) is 0 Å². The number of carbonyl (C=O) groups excluding carboxylic acids is 1. The summed E-state index contributed by atoms with van der Waals surface area (Å²) in [6, 6.07) is 10.5. The summed E-state index contributed by atoms with van der Waals surface area (Å²) >= 11 is 0. The molecular formula is C17H27N3O. The van der Waals surface area contributed by atoms with Crippen LogP contribution in [0.25, 0.3) is 0 Å². The minimum absolute atomic E-state index is 0.0946. The second-order valence-electron chi connectivity index (χ2n) is 6.42. The van der Waals surface area contributed by atoms with Gasteiger partial charge in [0.25, 0.3) is 0 Å². The fraction of sp³-hybridized carbons (Fsp3) is 0.588. The Labute approximate surface area is 127 Å². The third kappa shape index (κ3) is 4.83. The van der Waals surface area contributed by atoms with Crippen LogP contribution in [-0.4, -0.2) is 18.0 Å². The zero-order valence-electron chi connectivity index (χ0n) is 13.2. The number of amides is 1. The molecule has 4 nitrogen and oxygen atoms in total. The second kappa shape index (κ2) is 7.57. The smallest absolute Gasteiger partial charge is 0.238 e. The van der Waals surface area contributed by atoms with Gasteiger partial charge in [0.2, 0.25) is 5.91 Å². The largest absolute Gasteiger partial charge is 0.352 e. The quantitative estimate of drug-likeness (QED) is 0.754. The van der Waals surface area contributed by atoms with Crippen molar-refractivity contribution in [3.05, 3.63) is 35.9 Å². The van der Waals surface area contributed by atoms with E-state index >= 15 is 0 Å². The summed E-state index contributed by atoms with van der Waals surface area (Å²) < 4.78 is 0. The summed E-state index contributed by atoms with van der Waals surface area (Å²) in [6.45, 7) is 6.50.